The van der Waals surface area contributed by atoms with Crippen LogP contribution in [-0.4, -0.2) is 37.8 Å². The molecule has 0 amide bonds. The van der Waals surface area contributed by atoms with Gasteiger partial charge >= 0.3 is 0 Å². The summed E-state index contributed by atoms with van der Waals surface area (Å²) < 4.78 is 34.4. The largest absolute Gasteiger partial charge is 0.396 e. The third kappa shape index (κ3) is 2.13. The van der Waals surface area contributed by atoms with Crippen LogP contribution in [0, 0.1) is 5.92 Å². The van der Waals surface area contributed by atoms with E-state index in [-0.39, 0.29) is 18.8 Å². The number of aliphatic hydroxyl groups is 1. The van der Waals surface area contributed by atoms with Crippen molar-refractivity contribution < 1.29 is 17.9 Å². The smallest absolute Gasteiger partial charge is 0.153 e. The van der Waals surface area contributed by atoms with Gasteiger partial charge in [0.25, 0.3) is 0 Å². The molecule has 1 fully saturated rings. The highest BCUT2D eigenvalue weighted by Gasteiger charge is 2.32. The molecule has 1 aliphatic rings. The first kappa shape index (κ1) is 8.93. The van der Waals surface area contributed by atoms with E-state index < -0.39 is 27.7 Å². The molecule has 0 aromatic heterocycles. The third-order valence-corrected chi connectivity index (χ3v) is 3.64. The van der Waals surface area contributed by atoms with Crippen LogP contribution in [-0.2, 0) is 9.84 Å². The molecule has 0 saturated carbocycles. The van der Waals surface area contributed by atoms with Crippen LogP contribution in [0.4, 0.5) is 4.39 Å². The van der Waals surface area contributed by atoms with Gasteiger partial charge in [0.1, 0.15) is 6.17 Å². The molecule has 0 aromatic rings. The van der Waals surface area contributed by atoms with Crippen LogP contribution in [0.3, 0.4) is 0 Å². The fraction of sp³-hybridized carbons (Fsp3) is 1.00. The second-order valence-electron chi connectivity index (χ2n) is 2.86. The second-order valence-corrected chi connectivity index (χ2v) is 5.09. The molecular weight excluding hydrogens is 171 g/mol. The van der Waals surface area contributed by atoms with E-state index in [2.05, 4.69) is 0 Å². The van der Waals surface area contributed by atoms with Crippen molar-refractivity contribution in [2.75, 3.05) is 18.1 Å². The number of halogens is 1. The summed E-state index contributed by atoms with van der Waals surface area (Å²) in [5.41, 5.74) is 0. The number of sulfone groups is 1. The van der Waals surface area contributed by atoms with Gasteiger partial charge in [-0.2, -0.15) is 0 Å². The topological polar surface area (TPSA) is 54.4 Å². The normalized spacial score (nSPS) is 36.9. The van der Waals surface area contributed by atoms with Gasteiger partial charge in [0, 0.05) is 12.5 Å². The zero-order valence-corrected chi connectivity index (χ0v) is 6.85. The molecule has 1 N–H and O–H groups in total. The van der Waals surface area contributed by atoms with Crippen LogP contribution in [0.2, 0.25) is 0 Å². The molecule has 0 spiro atoms. The first-order chi connectivity index (χ1) is 5.05. The van der Waals surface area contributed by atoms with Crippen LogP contribution in [0.15, 0.2) is 0 Å². The lowest BCUT2D eigenvalue weighted by Crippen LogP contribution is -2.35. The lowest BCUT2D eigenvalue weighted by atomic mass is 10.0. The summed E-state index contributed by atoms with van der Waals surface area (Å²) in [6, 6.07) is 0. The highest BCUT2D eigenvalue weighted by Crippen LogP contribution is 2.21. The van der Waals surface area contributed by atoms with Gasteiger partial charge in [0.2, 0.25) is 0 Å². The standard InChI is InChI=1S/C6H11FO3S/c7-6-4-11(9,10)2-1-5(6)3-8/h5-6,8H,1-4H2/t5-,6-/m1/s1. The van der Waals surface area contributed by atoms with E-state index in [1.807, 2.05) is 0 Å². The van der Waals surface area contributed by atoms with Crippen molar-refractivity contribution >= 4 is 9.84 Å². The first-order valence-corrected chi connectivity index (χ1v) is 5.32. The summed E-state index contributed by atoms with van der Waals surface area (Å²) in [6.45, 7) is -0.253. The van der Waals surface area contributed by atoms with Crippen molar-refractivity contribution in [3.05, 3.63) is 0 Å². The summed E-state index contributed by atoms with van der Waals surface area (Å²) >= 11 is 0. The average Bonchev–Trinajstić information content (AvgIpc) is 1.86. The Morgan fingerprint density at radius 2 is 2.18 bits per heavy atom. The maximum absolute atomic E-state index is 12.8. The molecule has 0 unspecified atom stereocenters. The van der Waals surface area contributed by atoms with Crippen LogP contribution >= 0.6 is 0 Å². The minimum absolute atomic E-state index is 0.0125. The van der Waals surface area contributed by atoms with Crippen LogP contribution < -0.4 is 0 Å². The Balaban J connectivity index is 2.62. The maximum atomic E-state index is 12.8. The van der Waals surface area contributed by atoms with Gasteiger partial charge in [-0.25, -0.2) is 12.8 Å². The Kier molecular flexibility index (Phi) is 2.49. The number of alkyl halides is 1. The van der Waals surface area contributed by atoms with E-state index in [0.29, 0.717) is 0 Å². The number of aliphatic hydroxyl groups excluding tert-OH is 1. The van der Waals surface area contributed by atoms with Crippen molar-refractivity contribution in [2.24, 2.45) is 5.92 Å². The molecule has 1 aliphatic heterocycles. The van der Waals surface area contributed by atoms with Crippen LogP contribution in [0.1, 0.15) is 6.42 Å². The van der Waals surface area contributed by atoms with Gasteiger partial charge in [0.15, 0.2) is 9.84 Å². The van der Waals surface area contributed by atoms with Crippen molar-refractivity contribution in [2.45, 2.75) is 12.6 Å². The van der Waals surface area contributed by atoms with Crippen LogP contribution in [0.5, 0.6) is 0 Å². The van der Waals surface area contributed by atoms with Crippen LogP contribution in [0.25, 0.3) is 0 Å². The zero-order valence-electron chi connectivity index (χ0n) is 6.03. The lowest BCUT2D eigenvalue weighted by molar-refractivity contribution is 0.143. The molecule has 5 heteroatoms. The van der Waals surface area contributed by atoms with Gasteiger partial charge in [-0.05, 0) is 6.42 Å². The summed E-state index contributed by atoms with van der Waals surface area (Å²) in [5, 5.41) is 8.60. The maximum Gasteiger partial charge on any atom is 0.153 e. The number of hydrogen-bond acceptors (Lipinski definition) is 3. The van der Waals surface area contributed by atoms with E-state index in [1.54, 1.807) is 0 Å². The number of rotatable bonds is 1. The highest BCUT2D eigenvalue weighted by atomic mass is 32.2. The van der Waals surface area contributed by atoms with Gasteiger partial charge in [-0.1, -0.05) is 0 Å². The molecule has 3 nitrogen and oxygen atoms in total. The predicted octanol–water partition coefficient (Wildman–Crippen LogP) is -0.248. The molecule has 1 rings (SSSR count). The van der Waals surface area contributed by atoms with Crippen molar-refractivity contribution in [1.29, 1.82) is 0 Å². The zero-order chi connectivity index (χ0) is 8.48. The summed E-state index contributed by atoms with van der Waals surface area (Å²) in [4.78, 5) is 0. The fourth-order valence-electron chi connectivity index (χ4n) is 1.18. The Bertz CT molecular complexity index is 224. The van der Waals surface area contributed by atoms with Crippen molar-refractivity contribution in [3.63, 3.8) is 0 Å². The van der Waals surface area contributed by atoms with Gasteiger partial charge in [-0.15, -0.1) is 0 Å². The van der Waals surface area contributed by atoms with Crippen molar-refractivity contribution in [1.82, 2.24) is 0 Å². The Labute approximate surface area is 65.1 Å². The first-order valence-electron chi connectivity index (χ1n) is 3.50. The van der Waals surface area contributed by atoms with E-state index in [1.165, 1.54) is 0 Å². The summed E-state index contributed by atoms with van der Waals surface area (Å²) in [7, 11) is -3.16. The molecule has 66 valence electrons. The van der Waals surface area contributed by atoms with Gasteiger partial charge < -0.3 is 5.11 Å². The molecule has 0 aliphatic carbocycles. The molecule has 11 heavy (non-hydrogen) atoms. The Hall–Kier alpha value is -0.160. The summed E-state index contributed by atoms with van der Waals surface area (Å²) in [5.74, 6) is -0.879. The number of hydrogen-bond donors (Lipinski definition) is 1. The minimum atomic E-state index is -3.16. The monoisotopic (exact) mass is 182 g/mol. The molecule has 0 aromatic carbocycles. The third-order valence-electron chi connectivity index (χ3n) is 1.96. The molecule has 0 radical (unpaired) electrons. The molecular formula is C6H11FO3S. The van der Waals surface area contributed by atoms with E-state index >= 15 is 0 Å². The van der Waals surface area contributed by atoms with Crippen molar-refractivity contribution in [3.8, 4) is 0 Å². The SMILES string of the molecule is O=S1(=O)CC[C@H](CO)[C@H](F)C1. The van der Waals surface area contributed by atoms with E-state index in [9.17, 15) is 12.8 Å². The van der Waals surface area contributed by atoms with E-state index in [4.69, 9.17) is 5.11 Å². The molecule has 1 heterocycles. The highest BCUT2D eigenvalue weighted by molar-refractivity contribution is 7.91. The Morgan fingerprint density at radius 3 is 2.64 bits per heavy atom. The average molecular weight is 182 g/mol. The second kappa shape index (κ2) is 3.06. The summed E-state index contributed by atoms with van der Waals surface area (Å²) in [6.07, 6.45) is -1.13. The quantitative estimate of drug-likeness (QED) is 0.608. The predicted molar refractivity (Wildman–Crippen MR) is 38.7 cm³/mol. The minimum Gasteiger partial charge on any atom is -0.396 e. The fourth-order valence-corrected chi connectivity index (χ4v) is 2.77. The van der Waals surface area contributed by atoms with Gasteiger partial charge in [0.05, 0.1) is 11.5 Å². The molecule has 2 atom stereocenters. The molecule has 0 bridgehead atoms. The van der Waals surface area contributed by atoms with E-state index in [0.717, 1.165) is 0 Å². The lowest BCUT2D eigenvalue weighted by Gasteiger charge is -2.23. The van der Waals surface area contributed by atoms with Gasteiger partial charge in [-0.3, -0.25) is 0 Å². The molecule has 1 saturated heterocycles. The Morgan fingerprint density at radius 1 is 1.55 bits per heavy atom.